The van der Waals surface area contributed by atoms with Gasteiger partial charge in [-0.2, -0.15) is 0 Å². The molecule has 26 valence electrons. The zero-order valence-electron chi connectivity index (χ0n) is 3.12. The molecule has 0 saturated carbocycles. The highest BCUT2D eigenvalue weighted by Gasteiger charge is 1.98. The van der Waals surface area contributed by atoms with Crippen LogP contribution < -0.4 is 0 Å². The van der Waals surface area contributed by atoms with Gasteiger partial charge in [-0.25, -0.2) is 0 Å². The van der Waals surface area contributed by atoms with Crippen LogP contribution in [0.4, 0.5) is 0 Å². The largest absolute Gasteiger partial charge is 0.0691 e. The highest BCUT2D eigenvalue weighted by atomic mass is 28.3. The van der Waals surface area contributed by atoms with Gasteiger partial charge in [-0.1, -0.05) is 17.8 Å². The second-order valence-electron chi connectivity index (χ2n) is 1.18. The maximum absolute atomic E-state index is 1.56. The first-order valence-electron chi connectivity index (χ1n) is 1.91. The van der Waals surface area contributed by atoms with E-state index in [1.54, 1.807) is 17.8 Å². The fourth-order valence-electron chi connectivity index (χ4n) is 0.442. The molecule has 1 fully saturated rings. The number of hydrogen-bond donors (Lipinski definition) is 0. The Labute approximate surface area is 37.6 Å². The summed E-state index contributed by atoms with van der Waals surface area (Å²) in [6, 6.07) is 3.08. The van der Waals surface area contributed by atoms with Crippen molar-refractivity contribution in [3.8, 4) is 0 Å². The summed E-state index contributed by atoms with van der Waals surface area (Å²) in [5.41, 5.74) is 1.56. The van der Waals surface area contributed by atoms with Crippen molar-refractivity contribution in [1.29, 1.82) is 0 Å². The lowest BCUT2D eigenvalue weighted by atomic mass is 11.0. The first-order valence-corrected chi connectivity index (χ1v) is 4.74. The number of hydrogen-bond acceptors (Lipinski definition) is 0. The Bertz CT molecular complexity index is 16.5. The summed E-state index contributed by atoms with van der Waals surface area (Å²) >= 11 is 0. The van der Waals surface area contributed by atoms with E-state index in [1.807, 2.05) is 0 Å². The zero-order chi connectivity index (χ0) is 3.54. The van der Waals surface area contributed by atoms with Crippen LogP contribution in [0, 0.1) is 0 Å². The molecule has 0 unspecified atom stereocenters. The van der Waals surface area contributed by atoms with E-state index in [1.165, 1.54) is 19.0 Å². The molecule has 0 atom stereocenters. The maximum atomic E-state index is 1.56. The van der Waals surface area contributed by atoms with Gasteiger partial charge in [0.05, 0.1) is 0 Å². The van der Waals surface area contributed by atoms with E-state index in [0.29, 0.717) is 0 Å². The molecule has 0 bridgehead atoms. The fraction of sp³-hybridized carbons (Fsp3) is 1.00. The summed E-state index contributed by atoms with van der Waals surface area (Å²) in [5, 5.41) is 0. The third-order valence-corrected chi connectivity index (χ3v) is 4.44. The van der Waals surface area contributed by atoms with Crippen molar-refractivity contribution in [3.05, 3.63) is 0 Å². The van der Waals surface area contributed by atoms with Crippen molar-refractivity contribution >= 4 is 19.0 Å². The first-order chi connectivity index (χ1) is 2.50. The standard InChI is InChI=1S/C3H6Si2/c1-2-5-3-4-1/h1-3H2. The lowest BCUT2D eigenvalue weighted by Gasteiger charge is -1.66. The van der Waals surface area contributed by atoms with Gasteiger partial charge in [0.1, 0.15) is 0 Å². The van der Waals surface area contributed by atoms with Gasteiger partial charge in [-0.05, 0) is 0 Å². The molecule has 0 amide bonds. The van der Waals surface area contributed by atoms with Crippen LogP contribution in [0.3, 0.4) is 0 Å². The van der Waals surface area contributed by atoms with Crippen LogP contribution in [0.15, 0.2) is 0 Å². The molecule has 4 radical (unpaired) electrons. The molecule has 1 rings (SSSR count). The van der Waals surface area contributed by atoms with Crippen molar-refractivity contribution in [2.75, 3.05) is 0 Å². The van der Waals surface area contributed by atoms with E-state index in [2.05, 4.69) is 0 Å². The molecule has 0 aromatic carbocycles. The maximum Gasteiger partial charge on any atom is 0.0339 e. The quantitative estimate of drug-likeness (QED) is 0.390. The van der Waals surface area contributed by atoms with Gasteiger partial charge in [0.15, 0.2) is 0 Å². The summed E-state index contributed by atoms with van der Waals surface area (Å²) < 4.78 is 0. The van der Waals surface area contributed by atoms with Gasteiger partial charge in [0.25, 0.3) is 0 Å². The Morgan fingerprint density at radius 1 is 1.00 bits per heavy atom. The van der Waals surface area contributed by atoms with Crippen LogP contribution in [0.2, 0.25) is 17.8 Å². The average molecular weight is 98.3 g/mol. The monoisotopic (exact) mass is 98.0 g/mol. The summed E-state index contributed by atoms with van der Waals surface area (Å²) in [5.74, 6) is 0. The second kappa shape index (κ2) is 1.77. The molecule has 1 aliphatic rings. The van der Waals surface area contributed by atoms with Crippen LogP contribution in [0.1, 0.15) is 0 Å². The van der Waals surface area contributed by atoms with E-state index < -0.39 is 0 Å². The molecule has 0 nitrogen and oxygen atoms in total. The Balaban J connectivity index is 2.08. The van der Waals surface area contributed by atoms with Gasteiger partial charge >= 0.3 is 0 Å². The molecule has 1 aliphatic heterocycles. The summed E-state index contributed by atoms with van der Waals surface area (Å²) in [4.78, 5) is 0. The fourth-order valence-corrected chi connectivity index (χ4v) is 3.98. The van der Waals surface area contributed by atoms with Gasteiger partial charge in [0, 0.05) is 19.0 Å². The zero-order valence-corrected chi connectivity index (χ0v) is 5.12. The van der Waals surface area contributed by atoms with E-state index in [4.69, 9.17) is 0 Å². The molecular formula is C3H6Si2. The summed E-state index contributed by atoms with van der Waals surface area (Å²) in [6.45, 7) is 0. The molecule has 0 N–H and O–H groups in total. The smallest absolute Gasteiger partial charge is 0.0339 e. The molecule has 0 spiro atoms. The minimum atomic E-state index is 1.32. The SMILES string of the molecule is C1C[Si]C[Si]1. The lowest BCUT2D eigenvalue weighted by Crippen LogP contribution is -1.74. The molecule has 2 heteroatoms. The van der Waals surface area contributed by atoms with Gasteiger partial charge in [-0.15, -0.1) is 0 Å². The molecular weight excluding hydrogens is 92.2 g/mol. The van der Waals surface area contributed by atoms with Crippen molar-refractivity contribution in [3.63, 3.8) is 0 Å². The van der Waals surface area contributed by atoms with Crippen molar-refractivity contribution in [2.24, 2.45) is 0 Å². The van der Waals surface area contributed by atoms with Crippen LogP contribution in [0.25, 0.3) is 0 Å². The predicted octanol–water partition coefficient (Wildman–Crippen LogP) is 0.621. The van der Waals surface area contributed by atoms with Crippen molar-refractivity contribution in [2.45, 2.75) is 17.8 Å². The third kappa shape index (κ3) is 0.889. The molecule has 5 heavy (non-hydrogen) atoms. The van der Waals surface area contributed by atoms with Gasteiger partial charge in [0.2, 0.25) is 0 Å². The molecule has 0 aromatic rings. The molecule has 0 aromatic heterocycles. The highest BCUT2D eigenvalue weighted by Crippen LogP contribution is 2.01. The van der Waals surface area contributed by atoms with Crippen molar-refractivity contribution in [1.82, 2.24) is 0 Å². The minimum Gasteiger partial charge on any atom is -0.0691 e. The second-order valence-corrected chi connectivity index (χ2v) is 4.59. The van der Waals surface area contributed by atoms with Crippen molar-refractivity contribution < 1.29 is 0 Å². The normalized spacial score (nSPS) is 24.0. The first kappa shape index (κ1) is 3.62. The Kier molecular flexibility index (Phi) is 1.28. The van der Waals surface area contributed by atoms with Crippen LogP contribution in [-0.4, -0.2) is 19.0 Å². The van der Waals surface area contributed by atoms with Crippen LogP contribution >= 0.6 is 0 Å². The lowest BCUT2D eigenvalue weighted by molar-refractivity contribution is 1.46. The van der Waals surface area contributed by atoms with E-state index >= 15 is 0 Å². The Morgan fingerprint density at radius 2 is 1.60 bits per heavy atom. The van der Waals surface area contributed by atoms with E-state index in [0.717, 1.165) is 0 Å². The van der Waals surface area contributed by atoms with Crippen LogP contribution in [0.5, 0.6) is 0 Å². The third-order valence-electron chi connectivity index (χ3n) is 0.729. The topological polar surface area (TPSA) is 0 Å². The Hall–Kier alpha value is 0.434. The van der Waals surface area contributed by atoms with E-state index in [-0.39, 0.29) is 0 Å². The Morgan fingerprint density at radius 3 is 1.80 bits per heavy atom. The van der Waals surface area contributed by atoms with E-state index in [9.17, 15) is 0 Å². The number of rotatable bonds is 0. The molecule has 1 heterocycles. The minimum absolute atomic E-state index is 1.32. The van der Waals surface area contributed by atoms with Gasteiger partial charge in [-0.3, -0.25) is 0 Å². The molecule has 1 saturated heterocycles. The average Bonchev–Trinajstić information content (AvgIpc) is 1.76. The highest BCUT2D eigenvalue weighted by molar-refractivity contribution is 6.61. The predicted molar refractivity (Wildman–Crippen MR) is 25.9 cm³/mol. The molecule has 0 aliphatic carbocycles. The summed E-state index contributed by atoms with van der Waals surface area (Å²) in [7, 11) is 2.64. The van der Waals surface area contributed by atoms with Gasteiger partial charge < -0.3 is 0 Å². The van der Waals surface area contributed by atoms with Crippen LogP contribution in [-0.2, 0) is 0 Å². The summed E-state index contributed by atoms with van der Waals surface area (Å²) in [6.07, 6.45) is 0.